The molecule has 1 unspecified atom stereocenters. The van der Waals surface area contributed by atoms with E-state index in [2.05, 4.69) is 4.98 Å². The first-order valence-electron chi connectivity index (χ1n) is 9.66. The summed E-state index contributed by atoms with van der Waals surface area (Å²) in [6, 6.07) is 2.23. The number of nitrogens with zero attached hydrogens (tertiary/aromatic N) is 3. The van der Waals surface area contributed by atoms with E-state index in [9.17, 15) is 18.0 Å². The summed E-state index contributed by atoms with van der Waals surface area (Å²) in [5.41, 5.74) is -1.21. The Morgan fingerprint density at radius 3 is 2.46 bits per heavy atom. The van der Waals surface area contributed by atoms with Gasteiger partial charge in [-0.2, -0.15) is 13.2 Å². The second-order valence-electron chi connectivity index (χ2n) is 9.05. The van der Waals surface area contributed by atoms with E-state index in [0.717, 1.165) is 31.4 Å². The molecule has 2 saturated heterocycles. The van der Waals surface area contributed by atoms with Gasteiger partial charge < -0.3 is 14.5 Å². The molecule has 2 fully saturated rings. The van der Waals surface area contributed by atoms with Gasteiger partial charge in [-0.25, -0.2) is 9.78 Å². The highest BCUT2D eigenvalue weighted by Gasteiger charge is 2.45. The fraction of sp³-hybridized carbons (Fsp3) is 0.700. The quantitative estimate of drug-likeness (QED) is 0.686. The molecule has 8 heteroatoms. The topological polar surface area (TPSA) is 45.7 Å². The minimum Gasteiger partial charge on any atom is -0.444 e. The third kappa shape index (κ3) is 4.52. The van der Waals surface area contributed by atoms with E-state index < -0.39 is 17.3 Å². The van der Waals surface area contributed by atoms with Gasteiger partial charge in [-0.3, -0.25) is 0 Å². The Balaban J connectivity index is 1.67. The molecule has 0 saturated carbocycles. The lowest BCUT2D eigenvalue weighted by Crippen LogP contribution is -2.46. The molecule has 0 N–H and O–H groups in total. The van der Waals surface area contributed by atoms with Gasteiger partial charge in [0.2, 0.25) is 0 Å². The fourth-order valence-corrected chi connectivity index (χ4v) is 4.23. The highest BCUT2D eigenvalue weighted by atomic mass is 19.4. The van der Waals surface area contributed by atoms with Gasteiger partial charge in [-0.1, -0.05) is 0 Å². The molecule has 28 heavy (non-hydrogen) atoms. The van der Waals surface area contributed by atoms with Crippen molar-refractivity contribution >= 4 is 11.9 Å². The van der Waals surface area contributed by atoms with Crippen LogP contribution in [-0.4, -0.2) is 47.3 Å². The normalized spacial score (nSPS) is 22.6. The van der Waals surface area contributed by atoms with Crippen LogP contribution in [0.1, 0.15) is 52.5 Å². The van der Waals surface area contributed by atoms with Gasteiger partial charge in [0.15, 0.2) is 0 Å². The van der Waals surface area contributed by atoms with Crippen LogP contribution in [0, 0.1) is 5.41 Å². The van der Waals surface area contributed by atoms with E-state index in [1.54, 1.807) is 4.90 Å². The molecule has 1 spiro atoms. The van der Waals surface area contributed by atoms with Gasteiger partial charge in [0, 0.05) is 31.9 Å². The van der Waals surface area contributed by atoms with Crippen LogP contribution in [0.4, 0.5) is 23.8 Å². The molecule has 156 valence electrons. The van der Waals surface area contributed by atoms with Crippen LogP contribution >= 0.6 is 0 Å². The molecule has 3 rings (SSSR count). The smallest absolute Gasteiger partial charge is 0.416 e. The van der Waals surface area contributed by atoms with E-state index >= 15 is 0 Å². The fourth-order valence-electron chi connectivity index (χ4n) is 4.23. The van der Waals surface area contributed by atoms with Gasteiger partial charge in [0.25, 0.3) is 0 Å². The molecular weight excluding hydrogens is 371 g/mol. The number of hydrogen-bond donors (Lipinski definition) is 0. The van der Waals surface area contributed by atoms with Gasteiger partial charge >= 0.3 is 12.3 Å². The Kier molecular flexibility index (Phi) is 5.27. The van der Waals surface area contributed by atoms with Crippen LogP contribution in [0.5, 0.6) is 0 Å². The van der Waals surface area contributed by atoms with Gasteiger partial charge in [-0.15, -0.1) is 0 Å². The van der Waals surface area contributed by atoms with Crippen LogP contribution in [0.25, 0.3) is 0 Å². The third-order valence-electron chi connectivity index (χ3n) is 5.61. The molecule has 0 aliphatic carbocycles. The van der Waals surface area contributed by atoms with Crippen molar-refractivity contribution in [1.82, 2.24) is 9.88 Å². The summed E-state index contributed by atoms with van der Waals surface area (Å²) >= 11 is 0. The van der Waals surface area contributed by atoms with Crippen LogP contribution in [-0.2, 0) is 10.9 Å². The van der Waals surface area contributed by atoms with Gasteiger partial charge in [0.1, 0.15) is 11.4 Å². The molecule has 0 radical (unpaired) electrons. The number of halogens is 3. The van der Waals surface area contributed by atoms with E-state index in [-0.39, 0.29) is 17.6 Å². The van der Waals surface area contributed by atoms with Crippen molar-refractivity contribution in [1.29, 1.82) is 0 Å². The summed E-state index contributed by atoms with van der Waals surface area (Å²) in [5.74, 6) is 0.369. The van der Waals surface area contributed by atoms with Crippen molar-refractivity contribution in [3.8, 4) is 0 Å². The number of piperidine rings is 1. The number of hydrogen-bond acceptors (Lipinski definition) is 4. The predicted molar refractivity (Wildman–Crippen MR) is 100 cm³/mol. The standard InChI is InChI=1S/C20H28F3N3O2/c1-14-12-19(6-9-25(10-7-19)17(27)28-18(2,3)4)13-26(14)16-11-15(5-8-24-16)20(21,22)23/h5,8,11,14H,6-7,9-10,12-13H2,1-4H3. The number of likely N-dealkylation sites (tertiary alicyclic amines) is 1. The number of carbonyl (C=O) groups excluding carboxylic acids is 1. The lowest BCUT2D eigenvalue weighted by atomic mass is 9.77. The summed E-state index contributed by atoms with van der Waals surface area (Å²) in [6.07, 6.45) is -0.951. The van der Waals surface area contributed by atoms with Crippen LogP contribution < -0.4 is 4.90 Å². The first-order valence-corrected chi connectivity index (χ1v) is 9.66. The lowest BCUT2D eigenvalue weighted by molar-refractivity contribution is -0.137. The minimum absolute atomic E-state index is 0.00610. The molecule has 0 aromatic carbocycles. The number of alkyl halides is 3. The Morgan fingerprint density at radius 1 is 1.25 bits per heavy atom. The molecule has 5 nitrogen and oxygen atoms in total. The second-order valence-corrected chi connectivity index (χ2v) is 9.05. The average molecular weight is 399 g/mol. The molecule has 1 aromatic rings. The first kappa shape index (κ1) is 20.7. The number of amides is 1. The van der Waals surface area contributed by atoms with Crippen molar-refractivity contribution in [2.75, 3.05) is 24.5 Å². The third-order valence-corrected chi connectivity index (χ3v) is 5.61. The Morgan fingerprint density at radius 2 is 1.89 bits per heavy atom. The van der Waals surface area contributed by atoms with Crippen molar-refractivity contribution in [2.24, 2.45) is 5.41 Å². The zero-order chi connectivity index (χ0) is 20.7. The largest absolute Gasteiger partial charge is 0.444 e. The first-order chi connectivity index (χ1) is 12.9. The summed E-state index contributed by atoms with van der Waals surface area (Å²) in [7, 11) is 0. The molecule has 3 heterocycles. The van der Waals surface area contributed by atoms with Crippen LogP contribution in [0.2, 0.25) is 0 Å². The predicted octanol–water partition coefficient (Wildman–Crippen LogP) is 4.72. The number of anilines is 1. The zero-order valence-corrected chi connectivity index (χ0v) is 16.8. The van der Waals surface area contributed by atoms with Crippen molar-refractivity contribution in [2.45, 2.75) is 64.8 Å². The van der Waals surface area contributed by atoms with E-state index in [1.165, 1.54) is 6.20 Å². The minimum atomic E-state index is -4.38. The summed E-state index contributed by atoms with van der Waals surface area (Å²) < 4.78 is 44.6. The van der Waals surface area contributed by atoms with Crippen LogP contribution in [0.15, 0.2) is 18.3 Å². The highest BCUT2D eigenvalue weighted by molar-refractivity contribution is 5.68. The van der Waals surface area contributed by atoms with E-state index in [1.807, 2.05) is 32.6 Å². The van der Waals surface area contributed by atoms with Crippen molar-refractivity contribution in [3.63, 3.8) is 0 Å². The van der Waals surface area contributed by atoms with E-state index in [0.29, 0.717) is 25.5 Å². The molecular formula is C20H28F3N3O2. The number of ether oxygens (including phenoxy) is 1. The average Bonchev–Trinajstić information content (AvgIpc) is 2.89. The Hall–Kier alpha value is -1.99. The number of aromatic nitrogens is 1. The summed E-state index contributed by atoms with van der Waals surface area (Å²) in [6.45, 7) is 9.41. The highest BCUT2D eigenvalue weighted by Crippen LogP contribution is 2.45. The number of rotatable bonds is 1. The maximum absolute atomic E-state index is 13.0. The van der Waals surface area contributed by atoms with Crippen LogP contribution in [0.3, 0.4) is 0 Å². The van der Waals surface area contributed by atoms with Crippen molar-refractivity contribution in [3.05, 3.63) is 23.9 Å². The maximum atomic E-state index is 13.0. The molecule has 0 bridgehead atoms. The number of pyridine rings is 1. The maximum Gasteiger partial charge on any atom is 0.416 e. The summed E-state index contributed by atoms with van der Waals surface area (Å²) in [5, 5.41) is 0. The van der Waals surface area contributed by atoms with E-state index in [4.69, 9.17) is 4.74 Å². The summed E-state index contributed by atoms with van der Waals surface area (Å²) in [4.78, 5) is 20.2. The van der Waals surface area contributed by atoms with Gasteiger partial charge in [0.05, 0.1) is 5.56 Å². The zero-order valence-electron chi connectivity index (χ0n) is 16.8. The molecule has 1 aromatic heterocycles. The molecule has 2 aliphatic heterocycles. The molecule has 1 atom stereocenters. The number of carbonyl (C=O) groups is 1. The monoisotopic (exact) mass is 399 g/mol. The van der Waals surface area contributed by atoms with Gasteiger partial charge in [-0.05, 0) is 64.5 Å². The lowest BCUT2D eigenvalue weighted by Gasteiger charge is -2.39. The Labute approximate surface area is 163 Å². The molecule has 1 amide bonds. The molecule has 2 aliphatic rings. The second kappa shape index (κ2) is 7.12. The Bertz CT molecular complexity index is 722. The van der Waals surface area contributed by atoms with Crippen molar-refractivity contribution < 1.29 is 22.7 Å². The SMILES string of the molecule is CC1CC2(CCN(C(=O)OC(C)(C)C)CC2)CN1c1cc(C(F)(F)F)ccn1.